The number of likely N-dealkylation sites (tertiary alicyclic amines) is 1. The molecule has 0 radical (unpaired) electrons. The fourth-order valence-electron chi connectivity index (χ4n) is 4.89. The highest BCUT2D eigenvalue weighted by Gasteiger charge is 2.28. The highest BCUT2D eigenvalue weighted by molar-refractivity contribution is 6.05. The van der Waals surface area contributed by atoms with E-state index >= 15 is 0 Å². The Morgan fingerprint density at radius 2 is 1.85 bits per heavy atom. The zero-order chi connectivity index (χ0) is 22.9. The molecule has 1 saturated heterocycles. The number of fused-ring (bicyclic) bond motifs is 1. The van der Waals surface area contributed by atoms with Gasteiger partial charge in [-0.05, 0) is 75.1 Å². The van der Waals surface area contributed by atoms with Gasteiger partial charge in [0.2, 0.25) is 0 Å². The standard InChI is InChI=1S/C26H28N4O3/c1-29-13-9-20(10-14-29)30(2)26(31)24-16-22(25(33-24)17-7-11-27-12-8-17)19-3-5-21-18(15-19)4-6-23(21)28-32/h3,5,7-8,11-12,15-16,20,32H,4,6,9-10,13-14H2,1-2H3. The zero-order valence-electron chi connectivity index (χ0n) is 19.0. The normalized spacial score (nSPS) is 17.9. The Morgan fingerprint density at radius 3 is 2.58 bits per heavy atom. The summed E-state index contributed by atoms with van der Waals surface area (Å²) in [7, 11) is 3.99. The third-order valence-corrected chi connectivity index (χ3v) is 6.92. The summed E-state index contributed by atoms with van der Waals surface area (Å²) < 4.78 is 6.22. The van der Waals surface area contributed by atoms with Gasteiger partial charge in [0.05, 0.1) is 5.71 Å². The van der Waals surface area contributed by atoms with Gasteiger partial charge in [0, 0.05) is 42.2 Å². The first kappa shape index (κ1) is 21.4. The highest BCUT2D eigenvalue weighted by Crippen LogP contribution is 2.37. The number of aromatic nitrogens is 1. The molecule has 3 heterocycles. The number of furan rings is 1. The van der Waals surface area contributed by atoms with Gasteiger partial charge in [-0.15, -0.1) is 0 Å². The molecule has 1 aliphatic heterocycles. The minimum Gasteiger partial charge on any atom is -0.450 e. The van der Waals surface area contributed by atoms with Crippen molar-refractivity contribution in [3.05, 3.63) is 65.7 Å². The molecule has 1 aliphatic carbocycles. The maximum atomic E-state index is 13.4. The molecule has 3 aromatic rings. The Hall–Kier alpha value is -3.45. The van der Waals surface area contributed by atoms with Gasteiger partial charge in [-0.25, -0.2) is 0 Å². The van der Waals surface area contributed by atoms with Crippen molar-refractivity contribution in [3.8, 4) is 22.5 Å². The van der Waals surface area contributed by atoms with Crippen LogP contribution in [0.4, 0.5) is 0 Å². The Balaban J connectivity index is 1.52. The number of amides is 1. The number of oxime groups is 1. The molecule has 1 aromatic carbocycles. The van der Waals surface area contributed by atoms with Crippen LogP contribution in [0.3, 0.4) is 0 Å². The second kappa shape index (κ2) is 8.83. The fraction of sp³-hybridized carbons (Fsp3) is 0.346. The summed E-state index contributed by atoms with van der Waals surface area (Å²) in [6.07, 6.45) is 6.92. The molecule has 0 atom stereocenters. The number of aryl methyl sites for hydroxylation is 1. The number of rotatable bonds is 4. The second-order valence-electron chi connectivity index (χ2n) is 8.96. The topological polar surface area (TPSA) is 82.2 Å². The van der Waals surface area contributed by atoms with Gasteiger partial charge in [0.15, 0.2) is 5.76 Å². The highest BCUT2D eigenvalue weighted by atomic mass is 16.4. The van der Waals surface area contributed by atoms with E-state index in [1.807, 2.05) is 42.3 Å². The van der Waals surface area contributed by atoms with Crippen LogP contribution in [-0.2, 0) is 6.42 Å². The molecular weight excluding hydrogens is 416 g/mol. The summed E-state index contributed by atoms with van der Waals surface area (Å²) >= 11 is 0. The van der Waals surface area contributed by atoms with Gasteiger partial charge in [-0.3, -0.25) is 9.78 Å². The summed E-state index contributed by atoms with van der Waals surface area (Å²) in [5, 5.41) is 12.7. The molecule has 2 aliphatic rings. The Labute approximate surface area is 193 Å². The lowest BCUT2D eigenvalue weighted by molar-refractivity contribution is 0.0629. The van der Waals surface area contributed by atoms with Crippen LogP contribution in [0.25, 0.3) is 22.5 Å². The average molecular weight is 445 g/mol. The third-order valence-electron chi connectivity index (χ3n) is 6.92. The van der Waals surface area contributed by atoms with Gasteiger partial charge >= 0.3 is 0 Å². The first-order valence-electron chi connectivity index (χ1n) is 11.4. The van der Waals surface area contributed by atoms with Crippen molar-refractivity contribution in [1.82, 2.24) is 14.8 Å². The van der Waals surface area contributed by atoms with E-state index in [1.165, 1.54) is 0 Å². The molecule has 33 heavy (non-hydrogen) atoms. The van der Waals surface area contributed by atoms with Crippen molar-refractivity contribution in [2.45, 2.75) is 31.7 Å². The van der Waals surface area contributed by atoms with Crippen molar-refractivity contribution in [2.75, 3.05) is 27.2 Å². The second-order valence-corrected chi connectivity index (χ2v) is 8.96. The average Bonchev–Trinajstić information content (AvgIpc) is 3.48. The molecule has 7 nitrogen and oxygen atoms in total. The number of hydrogen-bond donors (Lipinski definition) is 1. The van der Waals surface area contributed by atoms with E-state index in [4.69, 9.17) is 4.42 Å². The van der Waals surface area contributed by atoms with Crippen molar-refractivity contribution in [2.24, 2.45) is 5.16 Å². The van der Waals surface area contributed by atoms with E-state index in [-0.39, 0.29) is 11.9 Å². The van der Waals surface area contributed by atoms with E-state index in [9.17, 15) is 10.0 Å². The molecule has 7 heteroatoms. The van der Waals surface area contributed by atoms with E-state index in [0.717, 1.165) is 66.6 Å². The lowest BCUT2D eigenvalue weighted by atomic mass is 9.98. The SMILES string of the molecule is CN1CCC(N(C)C(=O)c2cc(-c3ccc4c(c3)CCC4=NO)c(-c3ccncc3)o2)CC1. The minimum atomic E-state index is -0.0954. The molecular formula is C26H28N4O3. The molecule has 0 unspecified atom stereocenters. The van der Waals surface area contributed by atoms with Crippen LogP contribution in [-0.4, -0.2) is 64.8 Å². The first-order chi connectivity index (χ1) is 16.0. The summed E-state index contributed by atoms with van der Waals surface area (Å²) in [5.74, 6) is 0.907. The van der Waals surface area contributed by atoms with Crippen LogP contribution in [0, 0.1) is 0 Å². The number of carbonyl (C=O) groups is 1. The smallest absolute Gasteiger partial charge is 0.289 e. The van der Waals surface area contributed by atoms with Gasteiger partial charge in [-0.2, -0.15) is 0 Å². The number of piperidine rings is 1. The van der Waals surface area contributed by atoms with Crippen molar-refractivity contribution >= 4 is 11.6 Å². The summed E-state index contributed by atoms with van der Waals surface area (Å²) in [5.41, 5.74) is 5.56. The third kappa shape index (κ3) is 4.04. The number of benzene rings is 1. The lowest BCUT2D eigenvalue weighted by Crippen LogP contribution is -2.44. The van der Waals surface area contributed by atoms with Crippen LogP contribution in [0.1, 0.15) is 40.9 Å². The molecule has 5 rings (SSSR count). The maximum absolute atomic E-state index is 13.4. The molecule has 170 valence electrons. The van der Waals surface area contributed by atoms with Crippen LogP contribution >= 0.6 is 0 Å². The molecule has 1 fully saturated rings. The molecule has 0 bridgehead atoms. The van der Waals surface area contributed by atoms with Crippen molar-refractivity contribution in [3.63, 3.8) is 0 Å². The van der Waals surface area contributed by atoms with Crippen LogP contribution in [0.2, 0.25) is 0 Å². The Bertz CT molecular complexity index is 1190. The molecule has 2 aromatic heterocycles. The number of carbonyl (C=O) groups excluding carboxylic acids is 1. The zero-order valence-corrected chi connectivity index (χ0v) is 19.0. The predicted molar refractivity (Wildman–Crippen MR) is 127 cm³/mol. The minimum absolute atomic E-state index is 0.0954. The quantitative estimate of drug-likeness (QED) is 0.479. The summed E-state index contributed by atoms with van der Waals surface area (Å²) in [4.78, 5) is 21.6. The largest absolute Gasteiger partial charge is 0.450 e. The lowest BCUT2D eigenvalue weighted by Gasteiger charge is -2.34. The van der Waals surface area contributed by atoms with Crippen molar-refractivity contribution in [1.29, 1.82) is 0 Å². The van der Waals surface area contributed by atoms with Gasteiger partial charge in [0.25, 0.3) is 5.91 Å². The van der Waals surface area contributed by atoms with Crippen LogP contribution < -0.4 is 0 Å². The van der Waals surface area contributed by atoms with Gasteiger partial charge in [0.1, 0.15) is 5.76 Å². The van der Waals surface area contributed by atoms with Gasteiger partial charge in [-0.1, -0.05) is 23.4 Å². The summed E-state index contributed by atoms with van der Waals surface area (Å²) in [6.45, 7) is 1.98. The maximum Gasteiger partial charge on any atom is 0.289 e. The van der Waals surface area contributed by atoms with E-state index in [1.54, 1.807) is 12.4 Å². The Kier molecular flexibility index (Phi) is 5.72. The number of nitrogens with zero attached hydrogens (tertiary/aromatic N) is 4. The number of pyridine rings is 1. The number of hydrogen-bond acceptors (Lipinski definition) is 6. The van der Waals surface area contributed by atoms with E-state index in [2.05, 4.69) is 28.2 Å². The molecule has 0 spiro atoms. The molecule has 1 N–H and O–H groups in total. The van der Waals surface area contributed by atoms with E-state index in [0.29, 0.717) is 17.2 Å². The van der Waals surface area contributed by atoms with Crippen LogP contribution in [0.5, 0.6) is 0 Å². The fourth-order valence-corrected chi connectivity index (χ4v) is 4.89. The summed E-state index contributed by atoms with van der Waals surface area (Å²) in [6, 6.07) is 12.0. The van der Waals surface area contributed by atoms with Crippen LogP contribution in [0.15, 0.2) is 58.4 Å². The monoisotopic (exact) mass is 444 g/mol. The Morgan fingerprint density at radius 1 is 1.09 bits per heavy atom. The van der Waals surface area contributed by atoms with E-state index < -0.39 is 0 Å². The van der Waals surface area contributed by atoms with Gasteiger partial charge < -0.3 is 19.4 Å². The predicted octanol–water partition coefficient (Wildman–Crippen LogP) is 4.30. The first-order valence-corrected chi connectivity index (χ1v) is 11.4. The molecule has 0 saturated carbocycles. The molecule has 1 amide bonds. The van der Waals surface area contributed by atoms with Crippen molar-refractivity contribution < 1.29 is 14.4 Å².